The van der Waals surface area contributed by atoms with Gasteiger partial charge in [0.2, 0.25) is 0 Å². The Labute approximate surface area is 131 Å². The zero-order valence-corrected chi connectivity index (χ0v) is 13.4. The van der Waals surface area contributed by atoms with Crippen molar-refractivity contribution in [3.8, 4) is 5.75 Å². The molecule has 0 unspecified atom stereocenters. The standard InChI is InChI=1S/C16H24N2O4/c1-16(2,3)22-15(20)18-9-6-12(7-10-18)21-14-5-4-8-17-13(14)11-19/h4-5,8,12,19H,6-7,9-11H2,1-3H3. The fraction of sp³-hybridized carbons (Fsp3) is 0.625. The summed E-state index contributed by atoms with van der Waals surface area (Å²) in [5.74, 6) is 0.612. The van der Waals surface area contributed by atoms with Gasteiger partial charge in [-0.05, 0) is 32.9 Å². The first-order valence-electron chi connectivity index (χ1n) is 7.58. The molecule has 0 spiro atoms. The van der Waals surface area contributed by atoms with E-state index in [1.54, 1.807) is 23.2 Å². The van der Waals surface area contributed by atoms with Crippen molar-refractivity contribution in [1.82, 2.24) is 9.88 Å². The number of ether oxygens (including phenoxy) is 2. The number of amides is 1. The van der Waals surface area contributed by atoms with Crippen LogP contribution in [0.1, 0.15) is 39.3 Å². The van der Waals surface area contributed by atoms with E-state index < -0.39 is 5.60 Å². The van der Waals surface area contributed by atoms with Crippen LogP contribution >= 0.6 is 0 Å². The summed E-state index contributed by atoms with van der Waals surface area (Å²) in [6, 6.07) is 3.59. The highest BCUT2D eigenvalue weighted by atomic mass is 16.6. The van der Waals surface area contributed by atoms with Crippen molar-refractivity contribution in [2.75, 3.05) is 13.1 Å². The molecule has 1 aliphatic rings. The number of aliphatic hydroxyl groups excluding tert-OH is 1. The fourth-order valence-corrected chi connectivity index (χ4v) is 2.31. The highest BCUT2D eigenvalue weighted by Gasteiger charge is 2.27. The number of rotatable bonds is 3. The Hall–Kier alpha value is -1.82. The lowest BCUT2D eigenvalue weighted by Gasteiger charge is -2.33. The van der Waals surface area contributed by atoms with E-state index in [4.69, 9.17) is 9.47 Å². The second-order valence-electron chi connectivity index (χ2n) is 6.39. The number of likely N-dealkylation sites (tertiary alicyclic amines) is 1. The Kier molecular flexibility index (Phi) is 5.24. The molecule has 0 atom stereocenters. The van der Waals surface area contributed by atoms with Gasteiger partial charge in [0.25, 0.3) is 0 Å². The second kappa shape index (κ2) is 6.96. The first-order valence-corrected chi connectivity index (χ1v) is 7.58. The van der Waals surface area contributed by atoms with Gasteiger partial charge in [0, 0.05) is 32.1 Å². The lowest BCUT2D eigenvalue weighted by atomic mass is 10.1. The molecule has 1 saturated heterocycles. The van der Waals surface area contributed by atoms with Crippen LogP contribution in [-0.2, 0) is 11.3 Å². The first kappa shape index (κ1) is 16.5. The van der Waals surface area contributed by atoms with Crippen LogP contribution in [0.2, 0.25) is 0 Å². The number of piperidine rings is 1. The highest BCUT2D eigenvalue weighted by Crippen LogP contribution is 2.22. The molecule has 2 heterocycles. The number of hydrogen-bond acceptors (Lipinski definition) is 5. The Bertz CT molecular complexity index is 505. The van der Waals surface area contributed by atoms with Crippen molar-refractivity contribution in [3.05, 3.63) is 24.0 Å². The Morgan fingerprint density at radius 2 is 2.09 bits per heavy atom. The van der Waals surface area contributed by atoms with Crippen LogP contribution in [0.15, 0.2) is 18.3 Å². The SMILES string of the molecule is CC(C)(C)OC(=O)N1CCC(Oc2cccnc2CO)CC1. The third kappa shape index (κ3) is 4.59. The molecule has 0 aromatic carbocycles. The molecule has 1 amide bonds. The van der Waals surface area contributed by atoms with Crippen LogP contribution < -0.4 is 4.74 Å². The smallest absolute Gasteiger partial charge is 0.410 e. The van der Waals surface area contributed by atoms with Crippen LogP contribution in [0.4, 0.5) is 4.79 Å². The van der Waals surface area contributed by atoms with Gasteiger partial charge in [-0.15, -0.1) is 0 Å². The average Bonchev–Trinajstić information content (AvgIpc) is 2.47. The van der Waals surface area contributed by atoms with Crippen LogP contribution in [0, 0.1) is 0 Å². The van der Waals surface area contributed by atoms with E-state index in [0.29, 0.717) is 24.5 Å². The molecule has 0 aliphatic carbocycles. The Morgan fingerprint density at radius 1 is 1.41 bits per heavy atom. The summed E-state index contributed by atoms with van der Waals surface area (Å²) in [4.78, 5) is 17.8. The van der Waals surface area contributed by atoms with Gasteiger partial charge in [-0.2, -0.15) is 0 Å². The van der Waals surface area contributed by atoms with E-state index in [9.17, 15) is 9.90 Å². The number of hydrogen-bond donors (Lipinski definition) is 1. The highest BCUT2D eigenvalue weighted by molar-refractivity contribution is 5.68. The predicted molar refractivity (Wildman–Crippen MR) is 81.6 cm³/mol. The van der Waals surface area contributed by atoms with Gasteiger partial charge in [0.15, 0.2) is 0 Å². The minimum Gasteiger partial charge on any atom is -0.488 e. The molecule has 122 valence electrons. The number of carbonyl (C=O) groups is 1. The maximum atomic E-state index is 12.0. The zero-order chi connectivity index (χ0) is 16.2. The van der Waals surface area contributed by atoms with Crippen molar-refractivity contribution >= 4 is 6.09 Å². The zero-order valence-electron chi connectivity index (χ0n) is 13.4. The van der Waals surface area contributed by atoms with Crippen molar-refractivity contribution in [2.45, 2.75) is 51.9 Å². The molecule has 1 N–H and O–H groups in total. The molecule has 1 aliphatic heterocycles. The fourth-order valence-electron chi connectivity index (χ4n) is 2.31. The van der Waals surface area contributed by atoms with E-state index in [2.05, 4.69) is 4.98 Å². The monoisotopic (exact) mass is 308 g/mol. The second-order valence-corrected chi connectivity index (χ2v) is 6.39. The number of aromatic nitrogens is 1. The van der Waals surface area contributed by atoms with Crippen LogP contribution in [0.25, 0.3) is 0 Å². The normalized spacial score (nSPS) is 16.5. The molecule has 1 fully saturated rings. The van der Waals surface area contributed by atoms with E-state index in [1.807, 2.05) is 20.8 Å². The van der Waals surface area contributed by atoms with Gasteiger partial charge in [0.05, 0.1) is 6.61 Å². The summed E-state index contributed by atoms with van der Waals surface area (Å²) in [5, 5.41) is 9.26. The molecule has 0 saturated carbocycles. The summed E-state index contributed by atoms with van der Waals surface area (Å²) in [5.41, 5.74) is 0.0629. The Morgan fingerprint density at radius 3 is 2.68 bits per heavy atom. The molecule has 0 radical (unpaired) electrons. The van der Waals surface area contributed by atoms with E-state index in [0.717, 1.165) is 12.8 Å². The molecule has 1 aromatic heterocycles. The molecule has 6 heteroatoms. The van der Waals surface area contributed by atoms with Crippen LogP contribution in [-0.4, -0.2) is 45.9 Å². The summed E-state index contributed by atoms with van der Waals surface area (Å²) >= 11 is 0. The summed E-state index contributed by atoms with van der Waals surface area (Å²) in [7, 11) is 0. The Balaban J connectivity index is 1.86. The number of carbonyl (C=O) groups excluding carboxylic acids is 1. The van der Waals surface area contributed by atoms with Gasteiger partial charge in [0.1, 0.15) is 23.1 Å². The van der Waals surface area contributed by atoms with E-state index >= 15 is 0 Å². The minimum absolute atomic E-state index is 0.0215. The van der Waals surface area contributed by atoms with Crippen LogP contribution in [0.5, 0.6) is 5.75 Å². The van der Waals surface area contributed by atoms with E-state index in [-0.39, 0.29) is 18.8 Å². The average molecular weight is 308 g/mol. The van der Waals surface area contributed by atoms with Gasteiger partial charge in [-0.25, -0.2) is 4.79 Å². The quantitative estimate of drug-likeness (QED) is 0.928. The first-order chi connectivity index (χ1) is 10.4. The third-order valence-electron chi connectivity index (χ3n) is 3.39. The predicted octanol–water partition coefficient (Wildman–Crippen LogP) is 2.35. The van der Waals surface area contributed by atoms with Crippen LogP contribution in [0.3, 0.4) is 0 Å². The summed E-state index contributed by atoms with van der Waals surface area (Å²) < 4.78 is 11.3. The molecule has 0 bridgehead atoms. The van der Waals surface area contributed by atoms with Gasteiger partial charge < -0.3 is 19.5 Å². The molecule has 22 heavy (non-hydrogen) atoms. The lowest BCUT2D eigenvalue weighted by molar-refractivity contribution is 0.0124. The number of nitrogens with zero attached hydrogens (tertiary/aromatic N) is 2. The van der Waals surface area contributed by atoms with Gasteiger partial charge in [-0.3, -0.25) is 4.98 Å². The van der Waals surface area contributed by atoms with Gasteiger partial charge >= 0.3 is 6.09 Å². The van der Waals surface area contributed by atoms with Crippen molar-refractivity contribution in [3.63, 3.8) is 0 Å². The summed E-state index contributed by atoms with van der Waals surface area (Å²) in [6.45, 7) is 6.65. The number of pyridine rings is 1. The molecular weight excluding hydrogens is 284 g/mol. The lowest BCUT2D eigenvalue weighted by Crippen LogP contribution is -2.44. The number of aliphatic hydroxyl groups is 1. The van der Waals surface area contributed by atoms with Gasteiger partial charge in [-0.1, -0.05) is 0 Å². The van der Waals surface area contributed by atoms with Crippen molar-refractivity contribution < 1.29 is 19.4 Å². The summed E-state index contributed by atoms with van der Waals surface area (Å²) in [6.07, 6.45) is 2.85. The maximum Gasteiger partial charge on any atom is 0.410 e. The minimum atomic E-state index is -0.476. The largest absolute Gasteiger partial charge is 0.488 e. The van der Waals surface area contributed by atoms with Crippen molar-refractivity contribution in [2.24, 2.45) is 0 Å². The topological polar surface area (TPSA) is 71.9 Å². The van der Waals surface area contributed by atoms with Crippen molar-refractivity contribution in [1.29, 1.82) is 0 Å². The molecule has 1 aromatic rings. The molecule has 6 nitrogen and oxygen atoms in total. The molecular formula is C16H24N2O4. The maximum absolute atomic E-state index is 12.0. The van der Waals surface area contributed by atoms with E-state index in [1.165, 1.54) is 0 Å². The third-order valence-corrected chi connectivity index (χ3v) is 3.39. The molecule has 2 rings (SSSR count).